The maximum atomic E-state index is 10.4. The second-order valence-electron chi connectivity index (χ2n) is 17.8. The van der Waals surface area contributed by atoms with Gasteiger partial charge in [0.25, 0.3) is 0 Å². The molecular weight excluding hydrogens is 817 g/mol. The van der Waals surface area contributed by atoms with Crippen LogP contribution in [0.15, 0.2) is 127 Å². The van der Waals surface area contributed by atoms with Gasteiger partial charge < -0.3 is 30.3 Å². The molecule has 5 aromatic rings. The van der Waals surface area contributed by atoms with Gasteiger partial charge in [0, 0.05) is 47.1 Å². The van der Waals surface area contributed by atoms with Gasteiger partial charge in [-0.25, -0.2) is 9.59 Å². The first kappa shape index (κ1) is 53.8. The maximum Gasteiger partial charge on any atom is 0.335 e. The molecule has 0 aromatic heterocycles. The van der Waals surface area contributed by atoms with Crippen LogP contribution >= 0.6 is 0 Å². The van der Waals surface area contributed by atoms with Gasteiger partial charge in [-0.15, -0.1) is 0 Å². The lowest BCUT2D eigenvalue weighted by Crippen LogP contribution is -2.39. The van der Waals surface area contributed by atoms with Crippen molar-refractivity contribution in [2.24, 2.45) is 0 Å². The van der Waals surface area contributed by atoms with E-state index >= 15 is 0 Å². The Bertz CT molecular complexity index is 2110. The van der Waals surface area contributed by atoms with Crippen molar-refractivity contribution in [3.8, 4) is 11.5 Å². The van der Waals surface area contributed by atoms with Crippen LogP contribution in [0.2, 0.25) is 0 Å². The molecule has 0 amide bonds. The van der Waals surface area contributed by atoms with Crippen LogP contribution in [0, 0.1) is 13.8 Å². The number of carboxylic acid groups (broad SMARTS) is 2. The highest BCUT2D eigenvalue weighted by Crippen LogP contribution is 2.37. The summed E-state index contributed by atoms with van der Waals surface area (Å²) in [6.07, 6.45) is -2.47. The number of hydrogen-bond donors (Lipinski definition) is 5. The molecule has 10 heteroatoms. The molecule has 10 nitrogen and oxygen atoms in total. The number of phenols is 1. The van der Waals surface area contributed by atoms with Crippen molar-refractivity contribution in [2.75, 3.05) is 13.1 Å². The number of carbonyl (C=O) groups is 2. The zero-order valence-corrected chi connectivity index (χ0v) is 40.1. The van der Waals surface area contributed by atoms with E-state index in [1.54, 1.807) is 0 Å². The van der Waals surface area contributed by atoms with E-state index in [2.05, 4.69) is 182 Å². The van der Waals surface area contributed by atoms with E-state index < -0.39 is 24.1 Å². The van der Waals surface area contributed by atoms with Crippen molar-refractivity contribution >= 4 is 11.9 Å². The molecular formula is C55H74N2O8. The lowest BCUT2D eigenvalue weighted by Gasteiger charge is -2.32. The quantitative estimate of drug-likeness (QED) is 0.0511. The first-order valence-electron chi connectivity index (χ1n) is 22.8. The molecule has 0 fully saturated rings. The van der Waals surface area contributed by atoms with E-state index in [0.717, 1.165) is 37.2 Å². The SMILES string of the molecule is Cc1ccc(O)c([C@H](CCN(C(C)C)C(C)C)c2ccccc2)c1.Cc1ccc(OCc2ccccc2)c([C@H](CCN(C(C)C)C(C)C)c2ccccc2)c1.O=C(O)C(O)C(O)C(=O)O. The van der Waals surface area contributed by atoms with Crippen LogP contribution < -0.4 is 4.74 Å². The minimum Gasteiger partial charge on any atom is -0.508 e. The molecule has 0 bridgehead atoms. The summed E-state index contributed by atoms with van der Waals surface area (Å²) in [6, 6.07) is 46.5. The number of aliphatic hydroxyl groups is 2. The number of hydrogen-bond acceptors (Lipinski definition) is 8. The van der Waals surface area contributed by atoms with Crippen LogP contribution in [0.5, 0.6) is 11.5 Å². The molecule has 0 aliphatic carbocycles. The van der Waals surface area contributed by atoms with Crippen molar-refractivity contribution in [1.82, 2.24) is 9.80 Å². The summed E-state index contributed by atoms with van der Waals surface area (Å²) in [4.78, 5) is 24.6. The lowest BCUT2D eigenvalue weighted by molar-refractivity contribution is -0.165. The second kappa shape index (κ2) is 27.1. The summed E-state index contributed by atoms with van der Waals surface area (Å²) in [5.41, 5.74) is 8.59. The molecule has 0 saturated heterocycles. The standard InChI is InChI=1S/C29H37NO.C22H31NO.C4H6O6/c1-22(2)30(23(3)4)19-18-27(26-14-10-7-11-15-26)28-20-24(5)16-17-29(28)31-21-25-12-8-6-9-13-25;1-16(2)23(17(3)4)14-13-20(19-9-7-6-8-10-19)21-15-18(5)11-12-22(21)24;5-1(3(7)8)2(6)4(9)10/h6-17,20,22-23,27H,18-19,21H2,1-5H3;6-12,15-17,20,24H,13-14H2,1-5H3;1-2,5-6H,(H,7,8)(H,9,10)/t27-;20-;/m11./s1. The zero-order chi connectivity index (χ0) is 48.2. The summed E-state index contributed by atoms with van der Waals surface area (Å²) < 4.78 is 6.37. The van der Waals surface area contributed by atoms with E-state index in [4.69, 9.17) is 25.2 Å². The maximum absolute atomic E-state index is 10.4. The van der Waals surface area contributed by atoms with E-state index in [1.807, 2.05) is 24.3 Å². The number of nitrogens with zero attached hydrogens (tertiary/aromatic N) is 2. The summed E-state index contributed by atoms with van der Waals surface area (Å²) in [5.74, 6) is -1.64. The number of rotatable bonds is 20. The first-order chi connectivity index (χ1) is 30.8. The fourth-order valence-electron chi connectivity index (χ4n) is 8.19. The highest BCUT2D eigenvalue weighted by atomic mass is 16.5. The highest BCUT2D eigenvalue weighted by molar-refractivity contribution is 5.83. The van der Waals surface area contributed by atoms with E-state index in [-0.39, 0.29) is 5.92 Å². The van der Waals surface area contributed by atoms with Crippen molar-refractivity contribution in [1.29, 1.82) is 0 Å². The Hall–Kier alpha value is -5.52. The van der Waals surface area contributed by atoms with Gasteiger partial charge >= 0.3 is 11.9 Å². The minimum absolute atomic E-state index is 0.214. The average Bonchev–Trinajstić information content (AvgIpc) is 3.27. The molecule has 2 unspecified atom stereocenters. The van der Waals surface area contributed by atoms with Gasteiger partial charge in [-0.1, -0.05) is 126 Å². The molecule has 352 valence electrons. The number of aromatic hydroxyl groups is 1. The lowest BCUT2D eigenvalue weighted by atomic mass is 9.86. The van der Waals surface area contributed by atoms with Gasteiger partial charge in [-0.05, 0) is 124 Å². The monoisotopic (exact) mass is 891 g/mol. The summed E-state index contributed by atoms with van der Waals surface area (Å²) >= 11 is 0. The van der Waals surface area contributed by atoms with Crippen molar-refractivity contribution in [3.05, 3.63) is 166 Å². The normalized spacial score (nSPS) is 13.2. The van der Waals surface area contributed by atoms with Gasteiger partial charge in [0.15, 0.2) is 12.2 Å². The predicted octanol–water partition coefficient (Wildman–Crippen LogP) is 10.4. The Morgan fingerprint density at radius 3 is 1.29 bits per heavy atom. The first-order valence-corrected chi connectivity index (χ1v) is 22.8. The van der Waals surface area contributed by atoms with Gasteiger partial charge in [0.2, 0.25) is 0 Å². The number of benzene rings is 5. The van der Waals surface area contributed by atoms with Gasteiger partial charge in [-0.2, -0.15) is 0 Å². The van der Waals surface area contributed by atoms with Crippen LogP contribution in [0.4, 0.5) is 0 Å². The summed E-state index contributed by atoms with van der Waals surface area (Å²) in [6.45, 7) is 25.1. The Morgan fingerprint density at radius 2 is 0.892 bits per heavy atom. The third-order valence-electron chi connectivity index (χ3n) is 11.6. The van der Waals surface area contributed by atoms with Gasteiger partial charge in [0.05, 0.1) is 0 Å². The number of aliphatic carboxylic acids is 2. The molecule has 5 rings (SSSR count). The fourth-order valence-corrected chi connectivity index (χ4v) is 8.19. The highest BCUT2D eigenvalue weighted by Gasteiger charge is 2.29. The number of carboxylic acids is 2. The molecule has 4 atom stereocenters. The van der Waals surface area contributed by atoms with Crippen LogP contribution in [0.25, 0.3) is 0 Å². The van der Waals surface area contributed by atoms with Crippen molar-refractivity contribution < 1.29 is 39.9 Å². The molecule has 0 saturated carbocycles. The molecule has 0 radical (unpaired) electrons. The fraction of sp³-hybridized carbons (Fsp3) is 0.418. The molecule has 0 aliphatic rings. The van der Waals surface area contributed by atoms with Crippen molar-refractivity contribution in [2.45, 2.75) is 137 Å². The number of ether oxygens (including phenoxy) is 1. The van der Waals surface area contributed by atoms with Crippen LogP contribution in [0.3, 0.4) is 0 Å². The summed E-state index contributed by atoms with van der Waals surface area (Å²) in [5, 5.41) is 43.0. The van der Waals surface area contributed by atoms with Crippen LogP contribution in [-0.2, 0) is 16.2 Å². The van der Waals surface area contributed by atoms with Gasteiger partial charge in [0.1, 0.15) is 18.1 Å². The molecule has 65 heavy (non-hydrogen) atoms. The Balaban J connectivity index is 0.000000292. The predicted molar refractivity (Wildman–Crippen MR) is 262 cm³/mol. The van der Waals surface area contributed by atoms with Crippen LogP contribution in [0.1, 0.15) is 119 Å². The molecule has 0 heterocycles. The largest absolute Gasteiger partial charge is 0.508 e. The molecule has 0 aliphatic heterocycles. The second-order valence-corrected chi connectivity index (χ2v) is 17.8. The van der Waals surface area contributed by atoms with Crippen LogP contribution in [-0.4, -0.2) is 96.7 Å². The summed E-state index contributed by atoms with van der Waals surface area (Å²) in [7, 11) is 0. The number of phenolic OH excluding ortho intramolecular Hbond substituents is 1. The minimum atomic E-state index is -2.27. The van der Waals surface area contributed by atoms with E-state index in [9.17, 15) is 14.7 Å². The zero-order valence-electron chi connectivity index (χ0n) is 40.1. The third kappa shape index (κ3) is 17.4. The van der Waals surface area contributed by atoms with Gasteiger partial charge in [-0.3, -0.25) is 9.80 Å². The Labute approximate surface area is 388 Å². The van der Waals surface area contributed by atoms with E-state index in [0.29, 0.717) is 42.4 Å². The number of aliphatic hydroxyl groups excluding tert-OH is 2. The molecule has 5 aromatic carbocycles. The number of aryl methyl sites for hydroxylation is 2. The molecule has 5 N–H and O–H groups in total. The Kier molecular flexibility index (Phi) is 22.4. The van der Waals surface area contributed by atoms with E-state index in [1.165, 1.54) is 33.4 Å². The Morgan fingerprint density at radius 1 is 0.523 bits per heavy atom. The average molecular weight is 891 g/mol. The smallest absolute Gasteiger partial charge is 0.335 e. The van der Waals surface area contributed by atoms with Crippen molar-refractivity contribution in [3.63, 3.8) is 0 Å². The molecule has 0 spiro atoms. The third-order valence-corrected chi connectivity index (χ3v) is 11.6. The topological polar surface area (TPSA) is 151 Å².